The second kappa shape index (κ2) is 6.92. The second-order valence-electron chi connectivity index (χ2n) is 6.89. The van der Waals surface area contributed by atoms with E-state index in [-0.39, 0.29) is 0 Å². The van der Waals surface area contributed by atoms with Crippen LogP contribution in [0.15, 0.2) is 48.5 Å². The Kier molecular flexibility index (Phi) is 4.47. The normalized spacial score (nSPS) is 17.1. The Balaban J connectivity index is 1.70. The average Bonchev–Trinajstić information content (AvgIpc) is 3.00. The summed E-state index contributed by atoms with van der Waals surface area (Å²) in [7, 11) is 3.75. The van der Waals surface area contributed by atoms with Crippen LogP contribution in [0.5, 0.6) is 5.75 Å². The zero-order valence-electron chi connectivity index (χ0n) is 15.5. The summed E-state index contributed by atoms with van der Waals surface area (Å²) < 4.78 is 7.50. The number of aryl methyl sites for hydroxylation is 1. The molecule has 0 aliphatic carbocycles. The van der Waals surface area contributed by atoms with Crippen LogP contribution in [0.2, 0.25) is 0 Å². The van der Waals surface area contributed by atoms with Gasteiger partial charge in [-0.15, -0.1) is 10.2 Å². The van der Waals surface area contributed by atoms with Gasteiger partial charge in [-0.25, -0.2) is 0 Å². The molecule has 5 nitrogen and oxygen atoms in total. The first-order valence-electron chi connectivity index (χ1n) is 8.95. The van der Waals surface area contributed by atoms with Gasteiger partial charge in [-0.2, -0.15) is 0 Å². The van der Waals surface area contributed by atoms with Gasteiger partial charge in [0.2, 0.25) is 0 Å². The summed E-state index contributed by atoms with van der Waals surface area (Å²) in [5.74, 6) is 2.85. The summed E-state index contributed by atoms with van der Waals surface area (Å²) in [6, 6.07) is 17.5. The summed E-state index contributed by atoms with van der Waals surface area (Å²) in [5, 5.41) is 8.59. The van der Waals surface area contributed by atoms with Gasteiger partial charge in [-0.3, -0.25) is 4.90 Å². The highest BCUT2D eigenvalue weighted by Crippen LogP contribution is 2.35. The van der Waals surface area contributed by atoms with Gasteiger partial charge in [0.1, 0.15) is 17.4 Å². The molecule has 4 rings (SSSR count). The van der Waals surface area contributed by atoms with Crippen LogP contribution < -0.4 is 4.74 Å². The Morgan fingerprint density at radius 1 is 1.08 bits per heavy atom. The zero-order valence-corrected chi connectivity index (χ0v) is 15.5. The van der Waals surface area contributed by atoms with E-state index in [1.54, 1.807) is 7.11 Å². The van der Waals surface area contributed by atoms with E-state index in [1.807, 2.05) is 14.0 Å². The third-order valence-electron chi connectivity index (χ3n) is 5.35. The maximum Gasteiger partial charge on any atom is 0.146 e. The minimum atomic E-state index is 0.328. The van der Waals surface area contributed by atoms with E-state index in [2.05, 4.69) is 68.2 Å². The molecule has 0 amide bonds. The molecule has 5 heteroatoms. The first-order valence-corrected chi connectivity index (χ1v) is 8.95. The summed E-state index contributed by atoms with van der Waals surface area (Å²) >= 11 is 0. The lowest BCUT2D eigenvalue weighted by atomic mass is 9.89. The second-order valence-corrected chi connectivity index (χ2v) is 6.89. The Labute approximate surface area is 154 Å². The van der Waals surface area contributed by atoms with Crippen molar-refractivity contribution in [2.45, 2.75) is 32.5 Å². The van der Waals surface area contributed by atoms with E-state index >= 15 is 0 Å². The third-order valence-corrected chi connectivity index (χ3v) is 5.35. The molecule has 3 aromatic rings. The smallest absolute Gasteiger partial charge is 0.146 e. The molecule has 2 aromatic carbocycles. The number of hydrogen-bond acceptors (Lipinski definition) is 4. The van der Waals surface area contributed by atoms with Crippen molar-refractivity contribution in [3.8, 4) is 5.75 Å². The predicted molar refractivity (Wildman–Crippen MR) is 101 cm³/mol. The number of hydrogen-bond donors (Lipinski definition) is 0. The van der Waals surface area contributed by atoms with Crippen LogP contribution in [0.3, 0.4) is 0 Å². The molecule has 0 radical (unpaired) electrons. The number of ether oxygens (including phenoxy) is 1. The zero-order chi connectivity index (χ0) is 18.1. The van der Waals surface area contributed by atoms with Crippen molar-refractivity contribution in [3.63, 3.8) is 0 Å². The molecular formula is C21H24N4O. The summed E-state index contributed by atoms with van der Waals surface area (Å²) in [6.07, 6.45) is 0.986. The Bertz CT molecular complexity index is 904. The van der Waals surface area contributed by atoms with Crippen LogP contribution in [0.4, 0.5) is 0 Å². The van der Waals surface area contributed by atoms with Gasteiger partial charge in [-0.1, -0.05) is 36.4 Å². The maximum atomic E-state index is 5.42. The first-order chi connectivity index (χ1) is 12.7. The van der Waals surface area contributed by atoms with Crippen molar-refractivity contribution in [3.05, 3.63) is 76.9 Å². The third kappa shape index (κ3) is 3.10. The molecule has 134 valence electrons. The molecule has 0 fully saturated rings. The molecule has 0 bridgehead atoms. The summed E-state index contributed by atoms with van der Waals surface area (Å²) in [6.45, 7) is 3.63. The van der Waals surface area contributed by atoms with Gasteiger partial charge in [0.25, 0.3) is 0 Å². The topological polar surface area (TPSA) is 43.2 Å². The molecule has 1 aliphatic rings. The fourth-order valence-corrected chi connectivity index (χ4v) is 3.68. The molecule has 0 spiro atoms. The highest BCUT2D eigenvalue weighted by molar-refractivity contribution is 5.39. The lowest BCUT2D eigenvalue weighted by Crippen LogP contribution is -2.34. The predicted octanol–water partition coefficient (Wildman–Crippen LogP) is 3.43. The van der Waals surface area contributed by atoms with Crippen LogP contribution >= 0.6 is 0 Å². The number of benzene rings is 2. The van der Waals surface area contributed by atoms with E-state index in [1.165, 1.54) is 16.7 Å². The molecule has 0 N–H and O–H groups in total. The standard InChI is InChI=1S/C21H24N4O/c1-15-22-23-21(24(15)2)14-25-13-18-11-19(26-3)10-9-17(18)12-20(25)16-7-5-4-6-8-16/h4-11,20H,12-14H2,1-3H3/t20-/m0/s1. The fraction of sp³-hybridized carbons (Fsp3) is 0.333. The lowest BCUT2D eigenvalue weighted by molar-refractivity contribution is 0.156. The molecule has 2 heterocycles. The van der Waals surface area contributed by atoms with Gasteiger partial charge in [0, 0.05) is 19.6 Å². The number of methoxy groups -OCH3 is 1. The van der Waals surface area contributed by atoms with Gasteiger partial charge in [-0.05, 0) is 42.2 Å². The van der Waals surface area contributed by atoms with Gasteiger partial charge < -0.3 is 9.30 Å². The molecular weight excluding hydrogens is 324 g/mol. The molecule has 1 aromatic heterocycles. The van der Waals surface area contributed by atoms with Crippen LogP contribution in [0.1, 0.15) is 34.4 Å². The Morgan fingerprint density at radius 2 is 1.88 bits per heavy atom. The molecule has 1 aliphatic heterocycles. The van der Waals surface area contributed by atoms with Crippen LogP contribution in [0.25, 0.3) is 0 Å². The molecule has 0 unspecified atom stereocenters. The highest BCUT2D eigenvalue weighted by atomic mass is 16.5. The number of fused-ring (bicyclic) bond motifs is 1. The van der Waals surface area contributed by atoms with E-state index in [0.717, 1.165) is 36.9 Å². The largest absolute Gasteiger partial charge is 0.497 e. The molecule has 0 saturated heterocycles. The van der Waals surface area contributed by atoms with E-state index in [9.17, 15) is 0 Å². The van der Waals surface area contributed by atoms with Crippen LogP contribution in [0, 0.1) is 6.92 Å². The SMILES string of the molecule is COc1ccc2c(c1)CN(Cc1nnc(C)n1C)[C@H](c1ccccc1)C2. The van der Waals surface area contributed by atoms with Crippen molar-refractivity contribution in [1.29, 1.82) is 0 Å². The molecule has 1 atom stereocenters. The number of nitrogens with zero attached hydrogens (tertiary/aromatic N) is 4. The minimum absolute atomic E-state index is 0.328. The maximum absolute atomic E-state index is 5.42. The van der Waals surface area contributed by atoms with Crippen molar-refractivity contribution in [1.82, 2.24) is 19.7 Å². The van der Waals surface area contributed by atoms with Crippen molar-refractivity contribution in [2.24, 2.45) is 7.05 Å². The van der Waals surface area contributed by atoms with Gasteiger partial charge in [0.05, 0.1) is 13.7 Å². The van der Waals surface area contributed by atoms with E-state index in [0.29, 0.717) is 6.04 Å². The number of rotatable bonds is 4. The van der Waals surface area contributed by atoms with Crippen LogP contribution in [-0.2, 0) is 26.6 Å². The van der Waals surface area contributed by atoms with Gasteiger partial charge >= 0.3 is 0 Å². The molecule has 0 saturated carbocycles. The number of aromatic nitrogens is 3. The van der Waals surface area contributed by atoms with E-state index in [4.69, 9.17) is 4.74 Å². The molecule has 26 heavy (non-hydrogen) atoms. The summed E-state index contributed by atoms with van der Waals surface area (Å²) in [5.41, 5.74) is 4.06. The quantitative estimate of drug-likeness (QED) is 0.724. The van der Waals surface area contributed by atoms with E-state index < -0.39 is 0 Å². The highest BCUT2D eigenvalue weighted by Gasteiger charge is 2.28. The van der Waals surface area contributed by atoms with Crippen LogP contribution in [-0.4, -0.2) is 26.8 Å². The minimum Gasteiger partial charge on any atom is -0.497 e. The van der Waals surface area contributed by atoms with Gasteiger partial charge in [0.15, 0.2) is 0 Å². The lowest BCUT2D eigenvalue weighted by Gasteiger charge is -2.37. The monoisotopic (exact) mass is 348 g/mol. The van der Waals surface area contributed by atoms with Crippen molar-refractivity contribution in [2.75, 3.05) is 7.11 Å². The van der Waals surface area contributed by atoms with Crippen molar-refractivity contribution < 1.29 is 4.74 Å². The average molecular weight is 348 g/mol. The Morgan fingerprint density at radius 3 is 2.58 bits per heavy atom. The van der Waals surface area contributed by atoms with Crippen molar-refractivity contribution >= 4 is 0 Å². The first kappa shape index (κ1) is 16.8. The fourth-order valence-electron chi connectivity index (χ4n) is 3.68. The Hall–Kier alpha value is -2.66. The summed E-state index contributed by atoms with van der Waals surface area (Å²) in [4.78, 5) is 2.49.